The van der Waals surface area contributed by atoms with E-state index in [4.69, 9.17) is 0 Å². The third-order valence-electron chi connectivity index (χ3n) is 3.18. The van der Waals surface area contributed by atoms with Gasteiger partial charge in [-0.1, -0.05) is 35.0 Å². The number of hydrogen-bond donors (Lipinski definition) is 2. The number of halogens is 1. The molecular formula is C15H23BrN2O. The van der Waals surface area contributed by atoms with Crippen molar-refractivity contribution in [1.29, 1.82) is 0 Å². The lowest BCUT2D eigenvalue weighted by Gasteiger charge is -2.33. The zero-order valence-corrected chi connectivity index (χ0v) is 13.9. The third-order valence-corrected chi connectivity index (χ3v) is 3.71. The van der Waals surface area contributed by atoms with Crippen LogP contribution in [0.5, 0.6) is 0 Å². The Morgan fingerprint density at radius 3 is 2.16 bits per heavy atom. The number of benzene rings is 1. The number of hydrogen-bond acceptors (Lipinski definition) is 2. The lowest BCUT2D eigenvalue weighted by molar-refractivity contribution is -0.128. The normalized spacial score (nSPS) is 12.3. The summed E-state index contributed by atoms with van der Waals surface area (Å²) in [6.07, 6.45) is 0. The fourth-order valence-electron chi connectivity index (χ4n) is 1.90. The van der Waals surface area contributed by atoms with Crippen LogP contribution >= 0.6 is 15.9 Å². The predicted octanol–water partition coefficient (Wildman–Crippen LogP) is 3.19. The molecule has 0 saturated carbocycles. The maximum absolute atomic E-state index is 12.3. The smallest absolute Gasteiger partial charge is 0.240 e. The first-order chi connectivity index (χ1) is 8.69. The molecule has 0 radical (unpaired) electrons. The van der Waals surface area contributed by atoms with Crippen LogP contribution in [0, 0.1) is 0 Å². The minimum absolute atomic E-state index is 0.00210. The lowest BCUT2D eigenvalue weighted by Crippen LogP contribution is -2.56. The van der Waals surface area contributed by atoms with Gasteiger partial charge in [0.05, 0.1) is 11.1 Å². The molecule has 1 rings (SSSR count). The van der Waals surface area contributed by atoms with Crippen LogP contribution in [-0.4, -0.2) is 18.0 Å². The van der Waals surface area contributed by atoms with Crippen LogP contribution in [0.3, 0.4) is 0 Å². The first-order valence-corrected chi connectivity index (χ1v) is 7.32. The standard InChI is InChI=1S/C15H23BrN2O/c1-6-17-15(4,5)13(19)18-14(2,3)11-7-9-12(16)10-8-11/h7-10,17H,6H2,1-5H3,(H,18,19). The van der Waals surface area contributed by atoms with Crippen molar-refractivity contribution in [3.8, 4) is 0 Å². The van der Waals surface area contributed by atoms with E-state index in [9.17, 15) is 4.79 Å². The highest BCUT2D eigenvalue weighted by Crippen LogP contribution is 2.23. The number of carbonyl (C=O) groups excluding carboxylic acids is 1. The van der Waals surface area contributed by atoms with E-state index in [1.165, 1.54) is 0 Å². The van der Waals surface area contributed by atoms with Crippen LogP contribution in [0.1, 0.15) is 40.2 Å². The van der Waals surface area contributed by atoms with Crippen LogP contribution in [-0.2, 0) is 10.3 Å². The molecular weight excluding hydrogens is 304 g/mol. The first-order valence-electron chi connectivity index (χ1n) is 6.53. The summed E-state index contributed by atoms with van der Waals surface area (Å²) < 4.78 is 1.03. The lowest BCUT2D eigenvalue weighted by atomic mass is 9.92. The van der Waals surface area contributed by atoms with Crippen molar-refractivity contribution in [2.75, 3.05) is 6.54 Å². The van der Waals surface area contributed by atoms with Crippen molar-refractivity contribution >= 4 is 21.8 Å². The second-order valence-corrected chi connectivity index (χ2v) is 6.66. The number of nitrogens with one attached hydrogen (secondary N) is 2. The van der Waals surface area contributed by atoms with Gasteiger partial charge in [0.1, 0.15) is 0 Å². The van der Waals surface area contributed by atoms with Gasteiger partial charge in [-0.25, -0.2) is 0 Å². The largest absolute Gasteiger partial charge is 0.346 e. The van der Waals surface area contributed by atoms with Gasteiger partial charge < -0.3 is 10.6 Å². The third kappa shape index (κ3) is 4.32. The van der Waals surface area contributed by atoms with E-state index in [0.29, 0.717) is 0 Å². The molecule has 1 amide bonds. The highest BCUT2D eigenvalue weighted by molar-refractivity contribution is 9.10. The summed E-state index contributed by atoms with van der Waals surface area (Å²) in [7, 11) is 0. The molecule has 3 nitrogen and oxygen atoms in total. The quantitative estimate of drug-likeness (QED) is 0.872. The number of carbonyl (C=O) groups is 1. The second-order valence-electron chi connectivity index (χ2n) is 5.74. The summed E-state index contributed by atoms with van der Waals surface area (Å²) in [6, 6.07) is 8.01. The summed E-state index contributed by atoms with van der Waals surface area (Å²) in [6.45, 7) is 10.6. The predicted molar refractivity (Wildman–Crippen MR) is 83.1 cm³/mol. The van der Waals surface area contributed by atoms with Crippen LogP contribution in [0.15, 0.2) is 28.7 Å². The molecule has 1 aromatic carbocycles. The van der Waals surface area contributed by atoms with E-state index < -0.39 is 11.1 Å². The summed E-state index contributed by atoms with van der Waals surface area (Å²) in [5.74, 6) is 0.00210. The molecule has 0 aliphatic heterocycles. The van der Waals surface area contributed by atoms with Gasteiger partial charge in [-0.3, -0.25) is 4.79 Å². The highest BCUT2D eigenvalue weighted by Gasteiger charge is 2.31. The fourth-order valence-corrected chi connectivity index (χ4v) is 2.17. The van der Waals surface area contributed by atoms with E-state index in [1.54, 1.807) is 0 Å². The Bertz CT molecular complexity index is 438. The van der Waals surface area contributed by atoms with E-state index in [-0.39, 0.29) is 5.91 Å². The molecule has 19 heavy (non-hydrogen) atoms. The minimum Gasteiger partial charge on any atom is -0.346 e. The number of likely N-dealkylation sites (N-methyl/N-ethyl adjacent to an activating group) is 1. The van der Waals surface area contributed by atoms with Crippen molar-refractivity contribution in [2.45, 2.75) is 45.7 Å². The second kappa shape index (κ2) is 6.06. The molecule has 4 heteroatoms. The summed E-state index contributed by atoms with van der Waals surface area (Å²) in [4.78, 5) is 12.3. The Balaban J connectivity index is 2.85. The Labute approximate surface area is 124 Å². The molecule has 0 atom stereocenters. The van der Waals surface area contributed by atoms with Crippen LogP contribution in [0.2, 0.25) is 0 Å². The van der Waals surface area contributed by atoms with Crippen molar-refractivity contribution in [1.82, 2.24) is 10.6 Å². The maximum atomic E-state index is 12.3. The summed E-state index contributed by atoms with van der Waals surface area (Å²) in [5, 5.41) is 6.29. The summed E-state index contributed by atoms with van der Waals surface area (Å²) in [5.41, 5.74) is 0.114. The molecule has 0 aliphatic rings. The number of rotatable bonds is 5. The molecule has 0 fully saturated rings. The van der Waals surface area contributed by atoms with Crippen molar-refractivity contribution < 1.29 is 4.79 Å². The highest BCUT2D eigenvalue weighted by atomic mass is 79.9. The Kier molecular flexibility index (Phi) is 5.16. The van der Waals surface area contributed by atoms with Gasteiger partial charge in [0.2, 0.25) is 5.91 Å². The topological polar surface area (TPSA) is 41.1 Å². The molecule has 0 bridgehead atoms. The van der Waals surface area contributed by atoms with E-state index in [1.807, 2.05) is 58.9 Å². The van der Waals surface area contributed by atoms with Gasteiger partial charge in [-0.05, 0) is 51.9 Å². The van der Waals surface area contributed by atoms with Crippen molar-refractivity contribution in [3.63, 3.8) is 0 Å². The monoisotopic (exact) mass is 326 g/mol. The molecule has 0 spiro atoms. The zero-order valence-electron chi connectivity index (χ0n) is 12.3. The average Bonchev–Trinajstić information content (AvgIpc) is 2.28. The molecule has 0 heterocycles. The minimum atomic E-state index is -0.568. The molecule has 0 unspecified atom stereocenters. The maximum Gasteiger partial charge on any atom is 0.240 e. The van der Waals surface area contributed by atoms with Crippen LogP contribution in [0.4, 0.5) is 0 Å². The van der Waals surface area contributed by atoms with Gasteiger partial charge in [0, 0.05) is 4.47 Å². The van der Waals surface area contributed by atoms with Crippen molar-refractivity contribution in [3.05, 3.63) is 34.3 Å². The van der Waals surface area contributed by atoms with Gasteiger partial charge in [0.15, 0.2) is 0 Å². The SMILES string of the molecule is CCNC(C)(C)C(=O)NC(C)(C)c1ccc(Br)cc1. The molecule has 0 saturated heterocycles. The average molecular weight is 327 g/mol. The first kappa shape index (κ1) is 16.2. The Morgan fingerprint density at radius 1 is 1.16 bits per heavy atom. The van der Waals surface area contributed by atoms with Gasteiger partial charge >= 0.3 is 0 Å². The molecule has 0 aromatic heterocycles. The Hall–Kier alpha value is -0.870. The Morgan fingerprint density at radius 2 is 1.68 bits per heavy atom. The molecule has 1 aromatic rings. The van der Waals surface area contributed by atoms with Crippen LogP contribution in [0.25, 0.3) is 0 Å². The van der Waals surface area contributed by atoms with Gasteiger partial charge in [0.25, 0.3) is 0 Å². The van der Waals surface area contributed by atoms with Gasteiger partial charge in [-0.15, -0.1) is 0 Å². The molecule has 2 N–H and O–H groups in total. The van der Waals surface area contributed by atoms with E-state index >= 15 is 0 Å². The summed E-state index contributed by atoms with van der Waals surface area (Å²) >= 11 is 3.42. The van der Waals surface area contributed by atoms with Gasteiger partial charge in [-0.2, -0.15) is 0 Å². The fraction of sp³-hybridized carbons (Fsp3) is 0.533. The molecule has 106 valence electrons. The van der Waals surface area contributed by atoms with E-state index in [0.717, 1.165) is 16.6 Å². The van der Waals surface area contributed by atoms with Crippen LogP contribution < -0.4 is 10.6 Å². The zero-order chi connectivity index (χ0) is 14.7. The molecule has 0 aliphatic carbocycles. The number of amides is 1. The van der Waals surface area contributed by atoms with Crippen molar-refractivity contribution in [2.24, 2.45) is 0 Å². The van der Waals surface area contributed by atoms with E-state index in [2.05, 4.69) is 26.6 Å².